The monoisotopic (exact) mass is 296 g/mol. The molecule has 0 aromatic heterocycles. The van der Waals surface area contributed by atoms with Gasteiger partial charge in [-0.2, -0.15) is 0 Å². The molecule has 0 spiro atoms. The number of nitrogens with one attached hydrogen (secondary N) is 1. The third-order valence-electron chi connectivity index (χ3n) is 4.24. The van der Waals surface area contributed by atoms with E-state index in [0.717, 1.165) is 30.2 Å². The van der Waals surface area contributed by atoms with Crippen LogP contribution in [0.4, 0.5) is 5.69 Å². The Hall–Kier alpha value is -0.770. The highest BCUT2D eigenvalue weighted by Crippen LogP contribution is 2.31. The average molecular weight is 297 g/mol. The number of piperidine rings is 1. The molecule has 1 heterocycles. The van der Waals surface area contributed by atoms with Crippen LogP contribution in [0.2, 0.25) is 5.02 Å². The SMILES string of the molecule is CCNC(C)c1ccc(N2CCC(C)C(O)C2)c(Cl)c1. The van der Waals surface area contributed by atoms with Crippen molar-refractivity contribution in [1.29, 1.82) is 0 Å². The van der Waals surface area contributed by atoms with Crippen LogP contribution in [-0.4, -0.2) is 30.8 Å². The molecule has 1 aromatic rings. The number of β-amino-alcohol motifs (C(OH)–C–C–N with tert-alkyl or cyclic N) is 1. The van der Waals surface area contributed by atoms with Crippen molar-refractivity contribution in [3.8, 4) is 0 Å². The molecule has 2 rings (SSSR count). The van der Waals surface area contributed by atoms with Crippen LogP contribution in [0.25, 0.3) is 0 Å². The summed E-state index contributed by atoms with van der Waals surface area (Å²) in [6.45, 7) is 8.91. The van der Waals surface area contributed by atoms with E-state index in [1.165, 1.54) is 5.56 Å². The van der Waals surface area contributed by atoms with Crippen LogP contribution in [0, 0.1) is 5.92 Å². The third kappa shape index (κ3) is 3.46. The molecule has 112 valence electrons. The largest absolute Gasteiger partial charge is 0.391 e. The molecule has 20 heavy (non-hydrogen) atoms. The van der Waals surface area contributed by atoms with Gasteiger partial charge in [0.05, 0.1) is 16.8 Å². The smallest absolute Gasteiger partial charge is 0.0741 e. The summed E-state index contributed by atoms with van der Waals surface area (Å²) in [4.78, 5) is 2.19. The van der Waals surface area contributed by atoms with Crippen molar-refractivity contribution < 1.29 is 5.11 Å². The van der Waals surface area contributed by atoms with E-state index in [1.807, 2.05) is 6.07 Å². The lowest BCUT2D eigenvalue weighted by Crippen LogP contribution is -2.43. The first-order valence-electron chi connectivity index (χ1n) is 7.48. The fourth-order valence-corrected chi connectivity index (χ4v) is 3.05. The van der Waals surface area contributed by atoms with E-state index in [4.69, 9.17) is 11.6 Å². The summed E-state index contributed by atoms with van der Waals surface area (Å²) in [5.74, 6) is 0.373. The fraction of sp³-hybridized carbons (Fsp3) is 0.625. The zero-order chi connectivity index (χ0) is 14.7. The van der Waals surface area contributed by atoms with Crippen LogP contribution < -0.4 is 10.2 Å². The van der Waals surface area contributed by atoms with Crippen LogP contribution >= 0.6 is 11.6 Å². The van der Waals surface area contributed by atoms with E-state index in [9.17, 15) is 5.11 Å². The zero-order valence-electron chi connectivity index (χ0n) is 12.6. The van der Waals surface area contributed by atoms with Crippen LogP contribution in [-0.2, 0) is 0 Å². The number of hydrogen-bond acceptors (Lipinski definition) is 3. The maximum Gasteiger partial charge on any atom is 0.0741 e. The molecule has 0 amide bonds. The molecule has 2 N–H and O–H groups in total. The molecular weight excluding hydrogens is 272 g/mol. The van der Waals surface area contributed by atoms with Crippen molar-refractivity contribution >= 4 is 17.3 Å². The number of benzene rings is 1. The van der Waals surface area contributed by atoms with Crippen molar-refractivity contribution in [2.24, 2.45) is 5.92 Å². The van der Waals surface area contributed by atoms with Gasteiger partial charge in [0.1, 0.15) is 0 Å². The normalized spacial score (nSPS) is 24.8. The lowest BCUT2D eigenvalue weighted by molar-refractivity contribution is 0.103. The Morgan fingerprint density at radius 3 is 2.85 bits per heavy atom. The molecule has 1 aromatic carbocycles. The second kappa shape index (κ2) is 6.79. The number of halogens is 1. The molecule has 0 bridgehead atoms. The van der Waals surface area contributed by atoms with E-state index in [2.05, 4.69) is 43.1 Å². The first-order valence-corrected chi connectivity index (χ1v) is 7.86. The van der Waals surface area contributed by atoms with Gasteiger partial charge in [-0.3, -0.25) is 0 Å². The predicted octanol–water partition coefficient (Wildman–Crippen LogP) is 3.22. The summed E-state index contributed by atoms with van der Waals surface area (Å²) in [5.41, 5.74) is 2.23. The van der Waals surface area contributed by atoms with Crippen LogP contribution in [0.1, 0.15) is 38.8 Å². The van der Waals surface area contributed by atoms with Crippen molar-refractivity contribution in [3.05, 3.63) is 28.8 Å². The first-order chi connectivity index (χ1) is 9.52. The second-order valence-electron chi connectivity index (χ2n) is 5.77. The maximum absolute atomic E-state index is 10.0. The molecule has 1 aliphatic rings. The van der Waals surface area contributed by atoms with Crippen LogP contribution in [0.5, 0.6) is 0 Å². The van der Waals surface area contributed by atoms with E-state index in [-0.39, 0.29) is 6.10 Å². The molecule has 3 atom stereocenters. The standard InChI is InChI=1S/C16H25ClN2O/c1-4-18-12(3)13-5-6-15(14(17)9-13)19-8-7-11(2)16(20)10-19/h5-6,9,11-12,16,18,20H,4,7-8,10H2,1-3H3. The number of hydrogen-bond donors (Lipinski definition) is 2. The van der Waals surface area contributed by atoms with Crippen LogP contribution in [0.15, 0.2) is 18.2 Å². The summed E-state index contributed by atoms with van der Waals surface area (Å²) < 4.78 is 0. The highest BCUT2D eigenvalue weighted by molar-refractivity contribution is 6.33. The molecule has 0 radical (unpaired) electrons. The Kier molecular flexibility index (Phi) is 5.30. The zero-order valence-corrected chi connectivity index (χ0v) is 13.3. The van der Waals surface area contributed by atoms with Gasteiger partial charge in [-0.05, 0) is 43.5 Å². The summed E-state index contributed by atoms with van der Waals surface area (Å²) >= 11 is 6.44. The Labute approximate surface area is 126 Å². The Morgan fingerprint density at radius 1 is 1.50 bits per heavy atom. The average Bonchev–Trinajstić information content (AvgIpc) is 2.42. The van der Waals surface area contributed by atoms with E-state index >= 15 is 0 Å². The highest BCUT2D eigenvalue weighted by atomic mass is 35.5. The number of aliphatic hydroxyl groups is 1. The fourth-order valence-electron chi connectivity index (χ4n) is 2.74. The number of rotatable bonds is 4. The molecule has 1 aliphatic heterocycles. The Balaban J connectivity index is 2.13. The van der Waals surface area contributed by atoms with Gasteiger partial charge in [0.25, 0.3) is 0 Å². The third-order valence-corrected chi connectivity index (χ3v) is 4.54. The minimum Gasteiger partial charge on any atom is -0.391 e. The van der Waals surface area contributed by atoms with E-state index in [0.29, 0.717) is 18.5 Å². The maximum atomic E-state index is 10.0. The summed E-state index contributed by atoms with van der Waals surface area (Å²) in [6.07, 6.45) is 0.743. The number of anilines is 1. The van der Waals surface area contributed by atoms with Crippen molar-refractivity contribution in [1.82, 2.24) is 5.32 Å². The topological polar surface area (TPSA) is 35.5 Å². The molecular formula is C16H25ClN2O. The molecule has 1 saturated heterocycles. The van der Waals surface area contributed by atoms with Crippen molar-refractivity contribution in [2.75, 3.05) is 24.5 Å². The molecule has 0 saturated carbocycles. The Bertz CT molecular complexity index is 452. The lowest BCUT2D eigenvalue weighted by atomic mass is 9.95. The molecule has 3 nitrogen and oxygen atoms in total. The first kappa shape index (κ1) is 15.6. The van der Waals surface area contributed by atoms with Crippen LogP contribution in [0.3, 0.4) is 0 Å². The lowest BCUT2D eigenvalue weighted by Gasteiger charge is -2.36. The van der Waals surface area contributed by atoms with Gasteiger partial charge in [-0.1, -0.05) is 31.5 Å². The van der Waals surface area contributed by atoms with E-state index in [1.54, 1.807) is 0 Å². The van der Waals surface area contributed by atoms with Gasteiger partial charge in [-0.15, -0.1) is 0 Å². The predicted molar refractivity (Wildman–Crippen MR) is 85.5 cm³/mol. The van der Waals surface area contributed by atoms with Gasteiger partial charge < -0.3 is 15.3 Å². The highest BCUT2D eigenvalue weighted by Gasteiger charge is 2.25. The molecule has 0 aliphatic carbocycles. The van der Waals surface area contributed by atoms with Gasteiger partial charge >= 0.3 is 0 Å². The summed E-state index contributed by atoms with van der Waals surface area (Å²) in [5, 5.41) is 14.2. The quantitative estimate of drug-likeness (QED) is 0.895. The minimum atomic E-state index is -0.264. The van der Waals surface area contributed by atoms with Gasteiger partial charge in [-0.25, -0.2) is 0 Å². The molecule has 3 unspecified atom stereocenters. The second-order valence-corrected chi connectivity index (χ2v) is 6.18. The molecule has 1 fully saturated rings. The number of aliphatic hydroxyl groups excluding tert-OH is 1. The van der Waals surface area contributed by atoms with Crippen molar-refractivity contribution in [3.63, 3.8) is 0 Å². The number of nitrogens with zero attached hydrogens (tertiary/aromatic N) is 1. The Morgan fingerprint density at radius 2 is 2.25 bits per heavy atom. The minimum absolute atomic E-state index is 0.264. The summed E-state index contributed by atoms with van der Waals surface area (Å²) in [6, 6.07) is 6.54. The van der Waals surface area contributed by atoms with E-state index < -0.39 is 0 Å². The molecule has 4 heteroatoms. The summed E-state index contributed by atoms with van der Waals surface area (Å²) in [7, 11) is 0. The van der Waals surface area contributed by atoms with Gasteiger partial charge in [0, 0.05) is 19.1 Å². The van der Waals surface area contributed by atoms with Gasteiger partial charge in [0.2, 0.25) is 0 Å². The van der Waals surface area contributed by atoms with Crippen molar-refractivity contribution in [2.45, 2.75) is 39.3 Å². The van der Waals surface area contributed by atoms with Gasteiger partial charge in [0.15, 0.2) is 0 Å².